The minimum Gasteiger partial charge on any atom is -0.507 e. The molecule has 9 heteroatoms. The number of hydrogen-bond acceptors (Lipinski definition) is 8. The number of nitrogens with zero attached hydrogens (tertiary/aromatic N) is 5. The number of aromatic hydroxyl groups is 1. The van der Waals surface area contributed by atoms with Gasteiger partial charge in [-0.05, 0) is 76.5 Å². The highest BCUT2D eigenvalue weighted by molar-refractivity contribution is 5.73. The van der Waals surface area contributed by atoms with Crippen molar-refractivity contribution < 1.29 is 14.2 Å². The Balaban J connectivity index is 1.26. The number of halogens is 1. The predicted molar refractivity (Wildman–Crippen MR) is 139 cm³/mol. The van der Waals surface area contributed by atoms with Crippen LogP contribution in [0.25, 0.3) is 22.5 Å². The summed E-state index contributed by atoms with van der Waals surface area (Å²) < 4.78 is 19.5. The average Bonchev–Trinajstić information content (AvgIpc) is 3.69. The number of rotatable bonds is 6. The van der Waals surface area contributed by atoms with Crippen LogP contribution in [0.5, 0.6) is 11.6 Å². The van der Waals surface area contributed by atoms with E-state index in [1.165, 1.54) is 51.3 Å². The molecule has 0 amide bonds. The molecule has 2 N–H and O–H groups in total. The number of ether oxygens (including phenoxy) is 1. The van der Waals surface area contributed by atoms with Gasteiger partial charge in [-0.25, -0.2) is 14.4 Å². The first-order valence-electron chi connectivity index (χ1n) is 13.1. The first-order chi connectivity index (χ1) is 17.8. The molecule has 1 aliphatic carbocycles. The van der Waals surface area contributed by atoms with E-state index >= 15 is 0 Å². The van der Waals surface area contributed by atoms with Gasteiger partial charge < -0.3 is 20.1 Å². The Morgan fingerprint density at radius 1 is 1.00 bits per heavy atom. The number of aromatic nitrogens is 4. The number of phenols is 1. The van der Waals surface area contributed by atoms with Gasteiger partial charge in [-0.2, -0.15) is 0 Å². The van der Waals surface area contributed by atoms with Gasteiger partial charge in [0.05, 0.1) is 25.1 Å². The Labute approximate surface area is 216 Å². The molecule has 37 heavy (non-hydrogen) atoms. The van der Waals surface area contributed by atoms with E-state index in [2.05, 4.69) is 44.2 Å². The van der Waals surface area contributed by atoms with Gasteiger partial charge >= 0.3 is 0 Å². The van der Waals surface area contributed by atoms with Crippen LogP contribution in [0.2, 0.25) is 0 Å². The van der Waals surface area contributed by atoms with Gasteiger partial charge in [0, 0.05) is 34.8 Å². The Bertz CT molecular complexity index is 1300. The van der Waals surface area contributed by atoms with Crippen LogP contribution in [0.3, 0.4) is 0 Å². The lowest BCUT2D eigenvalue weighted by Gasteiger charge is -2.55. The molecule has 3 atom stereocenters. The quantitative estimate of drug-likeness (QED) is 0.491. The first kappa shape index (κ1) is 24.0. The summed E-state index contributed by atoms with van der Waals surface area (Å²) in [6.45, 7) is 4.71. The highest BCUT2D eigenvalue weighted by Gasteiger charge is 2.49. The summed E-state index contributed by atoms with van der Waals surface area (Å²) in [5.74, 6) is 0.875. The number of hydrogen-bond donors (Lipinski definition) is 2. The third-order valence-corrected chi connectivity index (χ3v) is 8.17. The molecule has 3 aromatic rings. The number of phenolic OH excluding ortho intramolecular Hbond substituents is 1. The summed E-state index contributed by atoms with van der Waals surface area (Å²) in [6, 6.07) is 7.27. The fourth-order valence-corrected chi connectivity index (χ4v) is 6.51. The van der Waals surface area contributed by atoms with E-state index in [9.17, 15) is 9.50 Å². The van der Waals surface area contributed by atoms with E-state index < -0.39 is 5.82 Å². The maximum Gasteiger partial charge on any atom is 0.213 e. The van der Waals surface area contributed by atoms with E-state index in [-0.39, 0.29) is 22.4 Å². The van der Waals surface area contributed by atoms with Crippen molar-refractivity contribution in [2.75, 3.05) is 12.0 Å². The zero-order valence-electron chi connectivity index (χ0n) is 21.5. The van der Waals surface area contributed by atoms with E-state index in [1.807, 2.05) is 0 Å². The van der Waals surface area contributed by atoms with Crippen LogP contribution >= 0.6 is 0 Å². The standard InChI is InChI=1S/C28H33FN6O2/c1-27-9-4-10-28(2,34-27)14-19(13-27)35(18-6-7-18)24-16-31-26(33-32-24)20-8-5-17(11-23(20)36)21-12-25(37-3)30-15-22(21)29/h5,8,11-12,15-16,18-19,34,36H,4,6-7,9-10,13-14H2,1-3H3/t19-,27-,28+. The number of nitrogens with one attached hydrogen (secondary N) is 1. The Morgan fingerprint density at radius 2 is 1.76 bits per heavy atom. The van der Waals surface area contributed by atoms with Crippen LogP contribution in [0.15, 0.2) is 36.7 Å². The molecular formula is C28H33FN6O2. The topological polar surface area (TPSA) is 96.3 Å². The van der Waals surface area contributed by atoms with Crippen LogP contribution in [-0.4, -0.2) is 55.5 Å². The zero-order valence-corrected chi connectivity index (χ0v) is 21.5. The molecule has 2 aromatic heterocycles. The smallest absolute Gasteiger partial charge is 0.213 e. The maximum absolute atomic E-state index is 14.4. The molecule has 8 nitrogen and oxygen atoms in total. The Hall–Kier alpha value is -3.33. The van der Waals surface area contributed by atoms with Gasteiger partial charge in [0.1, 0.15) is 11.6 Å². The van der Waals surface area contributed by atoms with Gasteiger partial charge in [0.2, 0.25) is 5.88 Å². The minimum absolute atomic E-state index is 0.0479. The number of anilines is 1. The SMILES string of the molecule is COc1cc(-c2ccc(-c3ncc(N(C4CC4)[C@H]4C[C@]5(C)CCC[C@](C)(C4)N5)nn3)c(O)c2)c(F)cn1. The monoisotopic (exact) mass is 504 g/mol. The fraction of sp³-hybridized carbons (Fsp3) is 0.500. The average molecular weight is 505 g/mol. The zero-order chi connectivity index (χ0) is 25.8. The molecule has 6 rings (SSSR count). The number of benzene rings is 1. The van der Waals surface area contributed by atoms with Crippen molar-refractivity contribution >= 4 is 5.82 Å². The minimum atomic E-state index is -0.500. The maximum atomic E-state index is 14.4. The molecule has 0 radical (unpaired) electrons. The molecule has 194 valence electrons. The molecule has 2 aliphatic heterocycles. The Morgan fingerprint density at radius 3 is 2.38 bits per heavy atom. The lowest BCUT2D eigenvalue weighted by atomic mass is 9.69. The molecular weight excluding hydrogens is 471 g/mol. The van der Waals surface area contributed by atoms with Crippen molar-refractivity contribution in [3.63, 3.8) is 0 Å². The summed E-state index contributed by atoms with van der Waals surface area (Å²) in [5, 5.41) is 23.7. The Kier molecular flexibility index (Phi) is 5.78. The summed E-state index contributed by atoms with van der Waals surface area (Å²) in [7, 11) is 1.47. The largest absolute Gasteiger partial charge is 0.507 e. The number of piperidine rings is 2. The van der Waals surface area contributed by atoms with Crippen LogP contribution in [-0.2, 0) is 0 Å². The van der Waals surface area contributed by atoms with Crippen LogP contribution < -0.4 is 15.0 Å². The highest BCUT2D eigenvalue weighted by Crippen LogP contribution is 2.45. The summed E-state index contributed by atoms with van der Waals surface area (Å²) in [6.07, 6.45) is 11.1. The molecule has 1 aromatic carbocycles. The molecule has 1 saturated carbocycles. The summed E-state index contributed by atoms with van der Waals surface area (Å²) >= 11 is 0. The molecule has 2 saturated heterocycles. The second-order valence-corrected chi connectivity index (χ2v) is 11.4. The van der Waals surface area contributed by atoms with Crippen LogP contribution in [0.1, 0.15) is 58.8 Å². The second kappa shape index (κ2) is 8.90. The number of methoxy groups -OCH3 is 1. The van der Waals surface area contributed by atoms with Gasteiger partial charge in [-0.15, -0.1) is 10.2 Å². The highest BCUT2D eigenvalue weighted by atomic mass is 19.1. The van der Waals surface area contributed by atoms with E-state index in [0.29, 0.717) is 34.9 Å². The van der Waals surface area contributed by atoms with E-state index in [0.717, 1.165) is 24.9 Å². The molecule has 3 fully saturated rings. The normalized spacial score (nSPS) is 27.1. The molecule has 2 bridgehead atoms. The predicted octanol–water partition coefficient (Wildman–Crippen LogP) is 4.88. The second-order valence-electron chi connectivity index (χ2n) is 11.4. The molecule has 0 unspecified atom stereocenters. The third kappa shape index (κ3) is 4.61. The van der Waals surface area contributed by atoms with Crippen molar-refractivity contribution in [3.05, 3.63) is 42.5 Å². The number of fused-ring (bicyclic) bond motifs is 2. The molecule has 3 aliphatic rings. The van der Waals surface area contributed by atoms with Crippen molar-refractivity contribution in [1.82, 2.24) is 25.5 Å². The van der Waals surface area contributed by atoms with E-state index in [1.54, 1.807) is 18.3 Å². The lowest BCUT2D eigenvalue weighted by molar-refractivity contribution is 0.0766. The first-order valence-corrected chi connectivity index (χ1v) is 13.1. The van der Waals surface area contributed by atoms with Gasteiger partial charge in [0.25, 0.3) is 0 Å². The molecule has 4 heterocycles. The van der Waals surface area contributed by atoms with Crippen LogP contribution in [0, 0.1) is 5.82 Å². The summed E-state index contributed by atoms with van der Waals surface area (Å²) in [4.78, 5) is 10.9. The van der Waals surface area contributed by atoms with Crippen molar-refractivity contribution in [3.8, 4) is 34.1 Å². The van der Waals surface area contributed by atoms with Crippen molar-refractivity contribution in [2.24, 2.45) is 0 Å². The molecule has 0 spiro atoms. The van der Waals surface area contributed by atoms with E-state index in [4.69, 9.17) is 4.74 Å². The van der Waals surface area contributed by atoms with Crippen molar-refractivity contribution in [2.45, 2.75) is 82.0 Å². The number of pyridine rings is 1. The van der Waals surface area contributed by atoms with Gasteiger partial charge in [-0.3, -0.25) is 0 Å². The van der Waals surface area contributed by atoms with Crippen molar-refractivity contribution in [1.29, 1.82) is 0 Å². The fourth-order valence-electron chi connectivity index (χ4n) is 6.51. The lowest BCUT2D eigenvalue weighted by Crippen LogP contribution is -2.67. The van der Waals surface area contributed by atoms with Gasteiger partial charge in [-0.1, -0.05) is 6.07 Å². The van der Waals surface area contributed by atoms with Gasteiger partial charge in [0.15, 0.2) is 11.6 Å². The summed E-state index contributed by atoms with van der Waals surface area (Å²) in [5.41, 5.74) is 1.53. The third-order valence-electron chi connectivity index (χ3n) is 8.17. The van der Waals surface area contributed by atoms with Crippen LogP contribution in [0.4, 0.5) is 10.2 Å².